The largest absolute Gasteiger partial charge is 0.497 e. The van der Waals surface area contributed by atoms with Gasteiger partial charge < -0.3 is 20.3 Å². The van der Waals surface area contributed by atoms with Crippen LogP contribution in [0.15, 0.2) is 53.9 Å². The van der Waals surface area contributed by atoms with Gasteiger partial charge in [0.1, 0.15) is 17.3 Å². The van der Waals surface area contributed by atoms with Crippen LogP contribution < -0.4 is 15.4 Å². The zero-order valence-electron chi connectivity index (χ0n) is 17.5. The highest BCUT2D eigenvalue weighted by atomic mass is 32.1. The summed E-state index contributed by atoms with van der Waals surface area (Å²) in [6, 6.07) is 13.1. The number of thiazole rings is 1. The molecule has 1 fully saturated rings. The Kier molecular flexibility index (Phi) is 6.65. The number of benzene rings is 2. The molecule has 1 saturated heterocycles. The first-order valence-corrected chi connectivity index (χ1v) is 11.1. The molecule has 0 saturated carbocycles. The Morgan fingerprint density at radius 3 is 2.78 bits per heavy atom. The molecule has 0 radical (unpaired) electrons. The first-order chi connectivity index (χ1) is 15.5. The van der Waals surface area contributed by atoms with Crippen molar-refractivity contribution in [1.82, 2.24) is 9.88 Å². The Bertz CT molecular complexity index is 1100. The number of anilines is 3. The van der Waals surface area contributed by atoms with Gasteiger partial charge in [-0.05, 0) is 49.2 Å². The van der Waals surface area contributed by atoms with Crippen molar-refractivity contribution in [3.8, 4) is 5.75 Å². The monoisotopic (exact) mass is 454 g/mol. The van der Waals surface area contributed by atoms with Crippen molar-refractivity contribution < 1.29 is 18.7 Å². The van der Waals surface area contributed by atoms with Crippen molar-refractivity contribution in [1.29, 1.82) is 0 Å². The fraction of sp³-hybridized carbons (Fsp3) is 0.261. The molecule has 1 atom stereocenters. The van der Waals surface area contributed by atoms with Gasteiger partial charge in [-0.15, -0.1) is 11.3 Å². The maximum absolute atomic E-state index is 13.1. The van der Waals surface area contributed by atoms with Crippen LogP contribution in [0, 0.1) is 11.7 Å². The van der Waals surface area contributed by atoms with Crippen LogP contribution in [0.2, 0.25) is 0 Å². The Morgan fingerprint density at radius 1 is 1.19 bits per heavy atom. The minimum atomic E-state index is -0.360. The molecule has 166 valence electrons. The number of hydrogen-bond acceptors (Lipinski definition) is 6. The summed E-state index contributed by atoms with van der Waals surface area (Å²) in [7, 11) is 1.60. The third-order valence-electron chi connectivity index (χ3n) is 5.24. The molecule has 2 aromatic carbocycles. The first kappa shape index (κ1) is 21.8. The van der Waals surface area contributed by atoms with Gasteiger partial charge in [-0.25, -0.2) is 9.37 Å². The third kappa shape index (κ3) is 5.23. The van der Waals surface area contributed by atoms with Crippen LogP contribution in [0.5, 0.6) is 5.75 Å². The molecule has 0 unspecified atom stereocenters. The summed E-state index contributed by atoms with van der Waals surface area (Å²) in [5, 5.41) is 8.30. The van der Waals surface area contributed by atoms with Gasteiger partial charge in [0, 0.05) is 35.9 Å². The lowest BCUT2D eigenvalue weighted by Gasteiger charge is -2.31. The molecule has 0 bridgehead atoms. The maximum Gasteiger partial charge on any atom is 0.273 e. The van der Waals surface area contributed by atoms with Gasteiger partial charge in [0.25, 0.3) is 5.91 Å². The molecule has 1 aromatic heterocycles. The highest BCUT2D eigenvalue weighted by molar-refractivity contribution is 7.14. The van der Waals surface area contributed by atoms with Gasteiger partial charge in [0.15, 0.2) is 5.13 Å². The number of amides is 2. The van der Waals surface area contributed by atoms with E-state index >= 15 is 0 Å². The van der Waals surface area contributed by atoms with Crippen LogP contribution in [0.1, 0.15) is 23.3 Å². The minimum absolute atomic E-state index is 0.173. The van der Waals surface area contributed by atoms with E-state index in [1.807, 2.05) is 24.3 Å². The van der Waals surface area contributed by atoms with Crippen molar-refractivity contribution in [2.75, 3.05) is 30.8 Å². The Balaban J connectivity index is 1.37. The van der Waals surface area contributed by atoms with E-state index in [0.717, 1.165) is 17.9 Å². The Morgan fingerprint density at radius 2 is 2.00 bits per heavy atom. The van der Waals surface area contributed by atoms with Crippen LogP contribution >= 0.6 is 11.3 Å². The first-order valence-electron chi connectivity index (χ1n) is 10.2. The fourth-order valence-corrected chi connectivity index (χ4v) is 4.27. The van der Waals surface area contributed by atoms with Crippen LogP contribution in [-0.4, -0.2) is 41.9 Å². The molecular weight excluding hydrogens is 431 g/mol. The van der Waals surface area contributed by atoms with E-state index in [1.165, 1.54) is 35.6 Å². The SMILES string of the molecule is COc1cccc(Nc2nc(C(=O)N3CCC[C@@H](C(=O)Nc4ccc(F)cc4)C3)cs2)c1. The summed E-state index contributed by atoms with van der Waals surface area (Å²) in [5.74, 6) is -0.333. The standard InChI is InChI=1S/C23H23FN4O3S/c1-31-19-6-2-5-18(12-19)26-23-27-20(14-32-23)22(30)28-11-3-4-15(13-28)21(29)25-17-9-7-16(24)8-10-17/h2,5-10,12,14-15H,3-4,11,13H2,1H3,(H,25,29)(H,26,27)/t15-/m1/s1. The van der Waals surface area contributed by atoms with Gasteiger partial charge in [0.05, 0.1) is 13.0 Å². The quantitative estimate of drug-likeness (QED) is 0.572. The number of nitrogens with zero attached hydrogens (tertiary/aromatic N) is 2. The number of hydrogen-bond donors (Lipinski definition) is 2. The molecule has 2 N–H and O–H groups in total. The second-order valence-electron chi connectivity index (χ2n) is 7.48. The van der Waals surface area contributed by atoms with Crippen LogP contribution in [0.4, 0.5) is 20.9 Å². The molecule has 9 heteroatoms. The molecule has 3 aromatic rings. The number of ether oxygens (including phenoxy) is 1. The predicted molar refractivity (Wildman–Crippen MR) is 122 cm³/mol. The van der Waals surface area contributed by atoms with Crippen LogP contribution in [0.25, 0.3) is 0 Å². The van der Waals surface area contributed by atoms with Gasteiger partial charge in [0.2, 0.25) is 5.91 Å². The summed E-state index contributed by atoms with van der Waals surface area (Å²) in [6.45, 7) is 0.900. The summed E-state index contributed by atoms with van der Waals surface area (Å²) in [5.41, 5.74) is 1.70. The highest BCUT2D eigenvalue weighted by Gasteiger charge is 2.30. The number of carbonyl (C=O) groups is 2. The number of halogens is 1. The second-order valence-corrected chi connectivity index (χ2v) is 8.34. The van der Waals surface area contributed by atoms with Crippen molar-refractivity contribution in [3.63, 3.8) is 0 Å². The number of methoxy groups -OCH3 is 1. The molecule has 0 spiro atoms. The molecule has 7 nitrogen and oxygen atoms in total. The van der Waals surface area contributed by atoms with Crippen molar-refractivity contribution in [2.45, 2.75) is 12.8 Å². The summed E-state index contributed by atoms with van der Waals surface area (Å²) >= 11 is 1.34. The van der Waals surface area contributed by atoms with Crippen LogP contribution in [0.3, 0.4) is 0 Å². The maximum atomic E-state index is 13.1. The Labute approximate surface area is 189 Å². The highest BCUT2D eigenvalue weighted by Crippen LogP contribution is 2.26. The average molecular weight is 455 g/mol. The molecule has 0 aliphatic carbocycles. The van der Waals surface area contributed by atoms with E-state index in [-0.39, 0.29) is 23.5 Å². The second kappa shape index (κ2) is 9.78. The zero-order chi connectivity index (χ0) is 22.5. The lowest BCUT2D eigenvalue weighted by atomic mass is 9.96. The number of piperidine rings is 1. The molecule has 4 rings (SSSR count). The minimum Gasteiger partial charge on any atom is -0.497 e. The van der Waals surface area contributed by atoms with Gasteiger partial charge in [-0.1, -0.05) is 6.07 Å². The Hall–Kier alpha value is -3.46. The van der Waals surface area contributed by atoms with Gasteiger partial charge in [-0.3, -0.25) is 9.59 Å². The average Bonchev–Trinajstić information content (AvgIpc) is 3.28. The zero-order valence-corrected chi connectivity index (χ0v) is 18.3. The molecule has 32 heavy (non-hydrogen) atoms. The summed E-state index contributed by atoms with van der Waals surface area (Å²) in [6.07, 6.45) is 1.42. The molecule has 1 aliphatic rings. The lowest BCUT2D eigenvalue weighted by molar-refractivity contribution is -0.121. The number of carbonyl (C=O) groups excluding carboxylic acids is 2. The van der Waals surface area contributed by atoms with E-state index in [9.17, 15) is 14.0 Å². The van der Waals surface area contributed by atoms with Crippen molar-refractivity contribution >= 4 is 39.7 Å². The van der Waals surface area contributed by atoms with E-state index in [2.05, 4.69) is 15.6 Å². The molecule has 1 aliphatic heterocycles. The predicted octanol–water partition coefficient (Wildman–Crippen LogP) is 4.53. The molecule has 2 amide bonds. The topological polar surface area (TPSA) is 83.6 Å². The number of aromatic nitrogens is 1. The number of likely N-dealkylation sites (tertiary alicyclic amines) is 1. The van der Waals surface area contributed by atoms with E-state index in [0.29, 0.717) is 36.0 Å². The van der Waals surface area contributed by atoms with Gasteiger partial charge in [-0.2, -0.15) is 0 Å². The van der Waals surface area contributed by atoms with E-state index in [4.69, 9.17) is 4.74 Å². The van der Waals surface area contributed by atoms with E-state index < -0.39 is 0 Å². The number of nitrogens with one attached hydrogen (secondary N) is 2. The van der Waals surface area contributed by atoms with Crippen molar-refractivity contribution in [3.05, 3.63) is 65.4 Å². The van der Waals surface area contributed by atoms with Crippen molar-refractivity contribution in [2.24, 2.45) is 5.92 Å². The summed E-state index contributed by atoms with van der Waals surface area (Å²) in [4.78, 5) is 31.7. The smallest absolute Gasteiger partial charge is 0.273 e. The van der Waals surface area contributed by atoms with E-state index in [1.54, 1.807) is 17.4 Å². The lowest BCUT2D eigenvalue weighted by Crippen LogP contribution is -2.43. The van der Waals surface area contributed by atoms with Crippen LogP contribution in [-0.2, 0) is 4.79 Å². The van der Waals surface area contributed by atoms with Gasteiger partial charge >= 0.3 is 0 Å². The molecule has 2 heterocycles. The fourth-order valence-electron chi connectivity index (χ4n) is 3.57. The third-order valence-corrected chi connectivity index (χ3v) is 5.99. The number of rotatable bonds is 6. The normalized spacial score (nSPS) is 15.8. The summed E-state index contributed by atoms with van der Waals surface area (Å²) < 4.78 is 18.3. The molecular formula is C23H23FN4O3S.